The molecule has 8 rings (SSSR count). The lowest BCUT2D eigenvalue weighted by Crippen LogP contribution is -2.47. The molecular weight excluding hydrogens is 854 g/mol. The Morgan fingerprint density at radius 3 is 2.45 bits per heavy atom. The van der Waals surface area contributed by atoms with Crippen molar-refractivity contribution in [3.8, 4) is 22.9 Å². The second kappa shape index (κ2) is 18.9. The monoisotopic (exact) mass is 908 g/mol. The van der Waals surface area contributed by atoms with Crippen LogP contribution in [-0.4, -0.2) is 86.2 Å². The van der Waals surface area contributed by atoms with Crippen LogP contribution in [0.5, 0.6) is 11.5 Å². The van der Waals surface area contributed by atoms with Crippen molar-refractivity contribution in [3.05, 3.63) is 124 Å². The number of pyridine rings is 1. The summed E-state index contributed by atoms with van der Waals surface area (Å²) in [4.78, 5) is 34.2. The van der Waals surface area contributed by atoms with Crippen molar-refractivity contribution in [2.24, 2.45) is 11.3 Å². The summed E-state index contributed by atoms with van der Waals surface area (Å²) in [6, 6.07) is 20.4. The van der Waals surface area contributed by atoms with Crippen LogP contribution in [0.25, 0.3) is 17.0 Å². The van der Waals surface area contributed by atoms with Gasteiger partial charge in [-0.1, -0.05) is 43.2 Å². The van der Waals surface area contributed by atoms with Gasteiger partial charge in [0.2, 0.25) is 0 Å². The number of ether oxygens (including phenoxy) is 2. The minimum atomic E-state index is -4.57. The van der Waals surface area contributed by atoms with Gasteiger partial charge >= 0.3 is 0 Å². The number of nitrogens with one attached hydrogen (secondary N) is 2. The number of allylic oxidation sites excluding steroid dienone is 1. The topological polar surface area (TPSA) is 161 Å². The fourth-order valence-electron chi connectivity index (χ4n) is 9.20. The highest BCUT2D eigenvalue weighted by molar-refractivity contribution is 7.90. The van der Waals surface area contributed by atoms with Gasteiger partial charge in [0.15, 0.2) is 0 Å². The number of hydrogen-bond donors (Lipinski definition) is 2. The molecule has 64 heavy (non-hydrogen) atoms. The lowest BCUT2D eigenvalue weighted by atomic mass is 9.72. The molecule has 3 aromatic rings. The Balaban J connectivity index is 1.00. The van der Waals surface area contributed by atoms with E-state index >= 15 is 0 Å². The van der Waals surface area contributed by atoms with Gasteiger partial charge in [-0.15, -0.1) is 0 Å². The van der Waals surface area contributed by atoms with Gasteiger partial charge < -0.3 is 24.3 Å². The number of methoxy groups -OCH3 is 1. The summed E-state index contributed by atoms with van der Waals surface area (Å²) in [5.74, 6) is 0.469. The summed E-state index contributed by atoms with van der Waals surface area (Å²) in [6.07, 6.45) is 10.4. The van der Waals surface area contributed by atoms with Crippen LogP contribution < -0.4 is 19.7 Å². The Morgan fingerprint density at radius 2 is 1.73 bits per heavy atom. The quantitative estimate of drug-likeness (QED) is 0.0807. The van der Waals surface area contributed by atoms with Crippen LogP contribution in [0.1, 0.15) is 74.7 Å². The van der Waals surface area contributed by atoms with Gasteiger partial charge in [0.25, 0.3) is 21.6 Å². The Morgan fingerprint density at radius 1 is 0.984 bits per heavy atom. The Bertz CT molecular complexity index is 2610. The number of fused-ring (bicyclic) bond motifs is 1. The van der Waals surface area contributed by atoms with Crippen LogP contribution in [0.4, 0.5) is 17.1 Å². The molecule has 3 heterocycles. The molecule has 0 aromatic heterocycles. The van der Waals surface area contributed by atoms with Crippen molar-refractivity contribution in [2.45, 2.75) is 69.8 Å². The third-order valence-electron chi connectivity index (χ3n) is 12.9. The van der Waals surface area contributed by atoms with Gasteiger partial charge in [0.05, 0.1) is 21.5 Å². The molecule has 0 spiro atoms. The van der Waals surface area contributed by atoms with E-state index in [9.17, 15) is 23.3 Å². The zero-order valence-corrected chi connectivity index (χ0v) is 38.1. The normalized spacial score (nSPS) is 19.4. The molecule has 0 bridgehead atoms. The number of nitrogens with zero attached hydrogens (tertiary/aromatic N) is 5. The maximum atomic E-state index is 14.0. The summed E-state index contributed by atoms with van der Waals surface area (Å²) in [7, 11) is 1.17. The number of carbonyl (C=O) groups excluding carboxylic acids is 1. The lowest BCUT2D eigenvalue weighted by molar-refractivity contribution is -0.384. The predicted octanol–water partition coefficient (Wildman–Crippen LogP) is 9.50. The number of hydrogen-bond acceptors (Lipinski definition) is 11. The summed E-state index contributed by atoms with van der Waals surface area (Å²) < 4.78 is 43.1. The molecule has 14 nitrogen and oxygen atoms in total. The molecule has 2 aliphatic carbocycles. The number of piperazine rings is 1. The lowest BCUT2D eigenvalue weighted by Gasteiger charge is -2.39. The van der Waals surface area contributed by atoms with Crippen molar-refractivity contribution in [1.29, 1.82) is 0 Å². The molecule has 5 aliphatic rings. The first-order chi connectivity index (χ1) is 30.6. The summed E-state index contributed by atoms with van der Waals surface area (Å²) in [6.45, 7) is 9.12. The van der Waals surface area contributed by atoms with Gasteiger partial charge in [-0.3, -0.25) is 19.8 Å². The van der Waals surface area contributed by atoms with Crippen molar-refractivity contribution in [1.82, 2.24) is 19.2 Å². The molecule has 1 saturated heterocycles. The minimum absolute atomic E-state index is 0.0415. The van der Waals surface area contributed by atoms with Crippen LogP contribution in [-0.2, 0) is 14.8 Å². The molecule has 2 N–H and O–H groups in total. The number of amides is 1. The van der Waals surface area contributed by atoms with Crippen LogP contribution in [0.15, 0.2) is 95.7 Å². The van der Waals surface area contributed by atoms with Crippen LogP contribution in [0.2, 0.25) is 5.02 Å². The summed E-state index contributed by atoms with van der Waals surface area (Å²) >= 11 is 6.25. The van der Waals surface area contributed by atoms with E-state index in [4.69, 9.17) is 21.1 Å². The third kappa shape index (κ3) is 10.4. The number of halogens is 1. The maximum absolute atomic E-state index is 14.0. The van der Waals surface area contributed by atoms with Crippen LogP contribution >= 0.6 is 11.6 Å². The third-order valence-corrected chi connectivity index (χ3v) is 14.5. The molecule has 1 radical (unpaired) electrons. The van der Waals surface area contributed by atoms with Gasteiger partial charge in [0, 0.05) is 94.2 Å². The number of carbonyl (C=O) groups is 1. The fourth-order valence-corrected chi connectivity index (χ4v) is 10.3. The zero-order valence-electron chi connectivity index (χ0n) is 36.5. The van der Waals surface area contributed by atoms with Crippen molar-refractivity contribution in [3.63, 3.8) is 0 Å². The Kier molecular flexibility index (Phi) is 13.3. The number of nitro benzene ring substituents is 1. The minimum Gasteiger partial charge on any atom is -0.455 e. The predicted molar refractivity (Wildman–Crippen MR) is 250 cm³/mol. The van der Waals surface area contributed by atoms with E-state index in [1.807, 2.05) is 18.2 Å². The number of sulfonamides is 1. The molecule has 2 fully saturated rings. The maximum Gasteiger partial charge on any atom is 0.293 e. The highest BCUT2D eigenvalue weighted by Crippen LogP contribution is 2.44. The number of anilines is 2. The molecule has 16 heteroatoms. The molecule has 0 unspecified atom stereocenters. The van der Waals surface area contributed by atoms with E-state index in [0.29, 0.717) is 24.0 Å². The van der Waals surface area contributed by atoms with Gasteiger partial charge in [0.1, 0.15) is 23.0 Å². The molecule has 0 atom stereocenters. The number of nitro groups is 1. The van der Waals surface area contributed by atoms with E-state index in [1.54, 1.807) is 48.3 Å². The fraction of sp³-hybridized carbons (Fsp3) is 0.396. The Labute approximate surface area is 380 Å². The average Bonchev–Trinajstić information content (AvgIpc) is 3.76. The van der Waals surface area contributed by atoms with Gasteiger partial charge in [-0.25, -0.2) is 18.1 Å². The number of rotatable bonds is 14. The SMILES string of the molecule is [CH2]n1cc(Oc2cc(N3CCN(CC4=C(c5ccc(Cl)cc5)CC(C)(C)CC4)CC3)ccc2C(=O)NS(=O)(=O)c2ccc(NC[C@H]3CC[C@H](OC)CC3)c([N+](=O)[O-])c2)cc2ccnc1-2. The first kappa shape index (κ1) is 45.1. The second-order valence-electron chi connectivity index (χ2n) is 18.0. The molecular formula is C48H55ClN7O7S. The van der Waals surface area contributed by atoms with Crippen LogP contribution in [0.3, 0.4) is 0 Å². The van der Waals surface area contributed by atoms with E-state index in [2.05, 4.69) is 57.9 Å². The first-order valence-electron chi connectivity index (χ1n) is 21.8. The van der Waals surface area contributed by atoms with E-state index in [-0.39, 0.29) is 28.5 Å². The molecule has 3 aromatic carbocycles. The Hall–Kier alpha value is -5.48. The van der Waals surface area contributed by atoms with Crippen molar-refractivity contribution in [2.75, 3.05) is 56.6 Å². The standard InChI is InChI=1S/C48H55ClN7O7S/c1-48(2)19-17-35(42(28-48)33-7-9-36(49)10-8-33)30-54-21-23-55(24-22-54)37-11-15-41(45(26-37)63-39-25-34-18-20-50-46(34)53(3)31-39)47(57)52-64(60,61)40-14-16-43(44(27-40)56(58)59)51-29-32-5-12-38(62-4)13-6-32/h7-11,14-16,18,20,25-27,31-32,38,51H,3,5-6,12-13,17,19,21-24,28-30H2,1-2,4H3,(H,52,57)/t32-,38-. The molecule has 1 amide bonds. The number of benzene rings is 3. The smallest absolute Gasteiger partial charge is 0.293 e. The van der Waals surface area contributed by atoms with E-state index in [1.165, 1.54) is 28.8 Å². The van der Waals surface area contributed by atoms with Gasteiger partial charge in [-0.05, 0) is 116 Å². The van der Waals surface area contributed by atoms with Crippen molar-refractivity contribution < 1.29 is 27.6 Å². The largest absolute Gasteiger partial charge is 0.455 e. The molecule has 337 valence electrons. The second-order valence-corrected chi connectivity index (χ2v) is 20.1. The first-order valence-corrected chi connectivity index (χ1v) is 23.7. The van der Waals surface area contributed by atoms with E-state index in [0.717, 1.165) is 100 Å². The number of aromatic nitrogens is 2. The highest BCUT2D eigenvalue weighted by atomic mass is 35.5. The van der Waals surface area contributed by atoms with Crippen LogP contribution in [0, 0.1) is 28.5 Å². The average molecular weight is 910 g/mol. The highest BCUT2D eigenvalue weighted by Gasteiger charge is 2.31. The van der Waals surface area contributed by atoms with E-state index < -0.39 is 31.4 Å². The van der Waals surface area contributed by atoms with Gasteiger partial charge in [-0.2, -0.15) is 0 Å². The van der Waals surface area contributed by atoms with Crippen molar-refractivity contribution >= 4 is 50.2 Å². The summed E-state index contributed by atoms with van der Waals surface area (Å²) in [5.41, 5.74) is 5.65. The molecule has 3 aliphatic heterocycles. The zero-order chi connectivity index (χ0) is 45.2. The summed E-state index contributed by atoms with van der Waals surface area (Å²) in [5, 5.41) is 16.1. The molecule has 1 saturated carbocycles.